The normalized spacial score (nSPS) is 12.2. The molecule has 220 valence electrons. The predicted octanol–water partition coefficient (Wildman–Crippen LogP) is 6.73. The molecule has 11 heteroatoms. The Bertz CT molecular complexity index is 1480. The standard InChI is InChI=1S/C30H34Cl3N3O4S/c1-5-27(30(38)34-17-20(2)3)35(18-22-10-15-25(32)26(33)16-22)29(37)19-36(28-9-7-6-8-21(28)4)41(39,40)24-13-11-23(31)12-14-24/h6-16,20,27H,5,17-19H2,1-4H3,(H,34,38). The van der Waals surface area contributed by atoms with Crippen LogP contribution < -0.4 is 9.62 Å². The van der Waals surface area contributed by atoms with Crippen molar-refractivity contribution in [3.8, 4) is 0 Å². The Labute approximate surface area is 257 Å². The number of amides is 2. The number of anilines is 1. The quantitative estimate of drug-likeness (QED) is 0.238. The first-order valence-electron chi connectivity index (χ1n) is 13.2. The van der Waals surface area contributed by atoms with Crippen molar-refractivity contribution >= 4 is 62.3 Å². The topological polar surface area (TPSA) is 86.8 Å². The number of benzene rings is 3. The molecule has 2 amide bonds. The molecule has 3 rings (SSSR count). The van der Waals surface area contributed by atoms with Gasteiger partial charge in [-0.15, -0.1) is 0 Å². The molecule has 1 N–H and O–H groups in total. The van der Waals surface area contributed by atoms with E-state index in [1.807, 2.05) is 13.8 Å². The highest BCUT2D eigenvalue weighted by Gasteiger charge is 2.34. The predicted molar refractivity (Wildman–Crippen MR) is 166 cm³/mol. The molecule has 0 bridgehead atoms. The van der Waals surface area contributed by atoms with Crippen LogP contribution in [0.3, 0.4) is 0 Å². The molecule has 7 nitrogen and oxygen atoms in total. The summed E-state index contributed by atoms with van der Waals surface area (Å²) in [5.74, 6) is -0.669. The Morgan fingerprint density at radius 2 is 1.59 bits per heavy atom. The molecule has 0 fully saturated rings. The van der Waals surface area contributed by atoms with Crippen molar-refractivity contribution in [2.75, 3.05) is 17.4 Å². The van der Waals surface area contributed by atoms with E-state index in [4.69, 9.17) is 34.8 Å². The van der Waals surface area contributed by atoms with Crippen molar-refractivity contribution in [2.45, 2.75) is 51.6 Å². The number of carbonyl (C=O) groups excluding carboxylic acids is 2. The zero-order valence-electron chi connectivity index (χ0n) is 23.4. The molecule has 0 radical (unpaired) electrons. The summed E-state index contributed by atoms with van der Waals surface area (Å²) < 4.78 is 29.0. The summed E-state index contributed by atoms with van der Waals surface area (Å²) in [5.41, 5.74) is 1.66. The van der Waals surface area contributed by atoms with E-state index in [0.717, 1.165) is 4.31 Å². The zero-order valence-corrected chi connectivity index (χ0v) is 26.5. The highest BCUT2D eigenvalue weighted by molar-refractivity contribution is 7.92. The van der Waals surface area contributed by atoms with E-state index in [0.29, 0.717) is 44.8 Å². The first-order chi connectivity index (χ1) is 19.3. The second-order valence-corrected chi connectivity index (χ2v) is 13.2. The third-order valence-electron chi connectivity index (χ3n) is 6.47. The molecule has 0 aromatic heterocycles. The van der Waals surface area contributed by atoms with Crippen LogP contribution in [0.2, 0.25) is 15.1 Å². The Kier molecular flexibility index (Phi) is 11.5. The fourth-order valence-electron chi connectivity index (χ4n) is 4.27. The number of hydrogen-bond donors (Lipinski definition) is 1. The van der Waals surface area contributed by atoms with Crippen LogP contribution in [0, 0.1) is 12.8 Å². The summed E-state index contributed by atoms with van der Waals surface area (Å²) in [4.78, 5) is 28.8. The number of carbonyl (C=O) groups is 2. The summed E-state index contributed by atoms with van der Waals surface area (Å²) in [6, 6.07) is 16.8. The summed E-state index contributed by atoms with van der Waals surface area (Å²) >= 11 is 18.4. The minimum absolute atomic E-state index is 0.0179. The van der Waals surface area contributed by atoms with Gasteiger partial charge in [-0.1, -0.05) is 79.8 Å². The van der Waals surface area contributed by atoms with Crippen molar-refractivity contribution in [3.63, 3.8) is 0 Å². The third kappa shape index (κ3) is 8.38. The van der Waals surface area contributed by atoms with Crippen molar-refractivity contribution in [2.24, 2.45) is 5.92 Å². The van der Waals surface area contributed by atoms with Gasteiger partial charge in [0.05, 0.1) is 20.6 Å². The number of nitrogens with one attached hydrogen (secondary N) is 1. The van der Waals surface area contributed by atoms with Gasteiger partial charge < -0.3 is 10.2 Å². The first-order valence-corrected chi connectivity index (χ1v) is 15.8. The molecule has 41 heavy (non-hydrogen) atoms. The molecule has 0 spiro atoms. The fourth-order valence-corrected chi connectivity index (χ4v) is 6.19. The smallest absolute Gasteiger partial charge is 0.264 e. The minimum atomic E-state index is -4.19. The van der Waals surface area contributed by atoms with E-state index in [9.17, 15) is 18.0 Å². The lowest BCUT2D eigenvalue weighted by molar-refractivity contribution is -0.140. The van der Waals surface area contributed by atoms with Gasteiger partial charge in [0.25, 0.3) is 10.0 Å². The van der Waals surface area contributed by atoms with E-state index in [1.165, 1.54) is 29.2 Å². The van der Waals surface area contributed by atoms with Gasteiger partial charge >= 0.3 is 0 Å². The summed E-state index contributed by atoms with van der Waals surface area (Å²) in [6.45, 7) is 7.44. The maximum absolute atomic E-state index is 14.1. The number of para-hydroxylation sites is 1. The lowest BCUT2D eigenvalue weighted by Crippen LogP contribution is -2.52. The Balaban J connectivity index is 2.07. The SMILES string of the molecule is CCC(C(=O)NCC(C)C)N(Cc1ccc(Cl)c(Cl)c1)C(=O)CN(c1ccccc1C)S(=O)(=O)c1ccc(Cl)cc1. The van der Waals surface area contributed by atoms with Gasteiger partial charge in [-0.3, -0.25) is 13.9 Å². The van der Waals surface area contributed by atoms with Gasteiger partial charge in [0, 0.05) is 18.1 Å². The van der Waals surface area contributed by atoms with Crippen LogP contribution in [0.25, 0.3) is 0 Å². The van der Waals surface area contributed by atoms with Gasteiger partial charge in [0.2, 0.25) is 11.8 Å². The number of aryl methyl sites for hydroxylation is 1. The van der Waals surface area contributed by atoms with E-state index in [1.54, 1.807) is 56.3 Å². The van der Waals surface area contributed by atoms with E-state index >= 15 is 0 Å². The highest BCUT2D eigenvalue weighted by Crippen LogP contribution is 2.29. The van der Waals surface area contributed by atoms with Crippen LogP contribution >= 0.6 is 34.8 Å². The molecule has 3 aromatic rings. The molecule has 0 heterocycles. The van der Waals surface area contributed by atoms with Gasteiger partial charge in [0.15, 0.2) is 0 Å². The molecular weight excluding hydrogens is 605 g/mol. The summed E-state index contributed by atoms with van der Waals surface area (Å²) in [5, 5.41) is 3.95. The molecule has 0 aliphatic heterocycles. The van der Waals surface area contributed by atoms with Crippen LogP contribution in [-0.4, -0.2) is 44.3 Å². The fraction of sp³-hybridized carbons (Fsp3) is 0.333. The maximum Gasteiger partial charge on any atom is 0.264 e. The lowest BCUT2D eigenvalue weighted by atomic mass is 10.1. The highest BCUT2D eigenvalue weighted by atomic mass is 35.5. The third-order valence-corrected chi connectivity index (χ3v) is 9.24. The molecule has 0 saturated carbocycles. The number of sulfonamides is 1. The van der Waals surface area contributed by atoms with Crippen LogP contribution in [-0.2, 0) is 26.2 Å². The van der Waals surface area contributed by atoms with Crippen LogP contribution in [0.4, 0.5) is 5.69 Å². The minimum Gasteiger partial charge on any atom is -0.354 e. The maximum atomic E-state index is 14.1. The number of halogens is 3. The largest absolute Gasteiger partial charge is 0.354 e. The molecule has 0 saturated heterocycles. The van der Waals surface area contributed by atoms with Crippen LogP contribution in [0.15, 0.2) is 71.6 Å². The Hall–Kier alpha value is -2.78. The van der Waals surface area contributed by atoms with Crippen molar-refractivity contribution in [1.82, 2.24) is 10.2 Å². The summed E-state index contributed by atoms with van der Waals surface area (Å²) in [7, 11) is -4.19. The molecular formula is C30H34Cl3N3O4S. The van der Waals surface area contributed by atoms with Crippen molar-refractivity contribution in [1.29, 1.82) is 0 Å². The van der Waals surface area contributed by atoms with E-state index < -0.39 is 28.5 Å². The van der Waals surface area contributed by atoms with E-state index in [2.05, 4.69) is 5.32 Å². The lowest BCUT2D eigenvalue weighted by Gasteiger charge is -2.33. The number of nitrogens with zero attached hydrogens (tertiary/aromatic N) is 2. The molecule has 1 unspecified atom stereocenters. The van der Waals surface area contributed by atoms with Crippen molar-refractivity contribution < 1.29 is 18.0 Å². The molecule has 0 aliphatic carbocycles. The van der Waals surface area contributed by atoms with Crippen LogP contribution in [0.5, 0.6) is 0 Å². The second-order valence-electron chi connectivity index (χ2n) is 10.1. The zero-order chi connectivity index (χ0) is 30.3. The average Bonchev–Trinajstić information content (AvgIpc) is 2.93. The monoisotopic (exact) mass is 637 g/mol. The Morgan fingerprint density at radius 1 is 0.927 bits per heavy atom. The Morgan fingerprint density at radius 3 is 2.17 bits per heavy atom. The van der Waals surface area contributed by atoms with Crippen LogP contribution in [0.1, 0.15) is 38.3 Å². The first kappa shape index (κ1) is 32.7. The molecule has 1 atom stereocenters. The van der Waals surface area contributed by atoms with Gasteiger partial charge in [0.1, 0.15) is 12.6 Å². The average molecular weight is 639 g/mol. The number of rotatable bonds is 12. The molecule has 3 aromatic carbocycles. The molecule has 0 aliphatic rings. The number of hydrogen-bond acceptors (Lipinski definition) is 4. The van der Waals surface area contributed by atoms with Gasteiger partial charge in [-0.25, -0.2) is 8.42 Å². The van der Waals surface area contributed by atoms with E-state index in [-0.39, 0.29) is 23.3 Å². The summed E-state index contributed by atoms with van der Waals surface area (Å²) in [6.07, 6.45) is 0.311. The van der Waals surface area contributed by atoms with Crippen molar-refractivity contribution in [3.05, 3.63) is 92.9 Å². The second kappa shape index (κ2) is 14.4. The van der Waals surface area contributed by atoms with Gasteiger partial charge in [-0.05, 0) is 72.9 Å². The van der Waals surface area contributed by atoms with Gasteiger partial charge in [-0.2, -0.15) is 0 Å².